The van der Waals surface area contributed by atoms with E-state index in [1.807, 2.05) is 19.1 Å². The van der Waals surface area contributed by atoms with Gasteiger partial charge in [0.05, 0.1) is 12.4 Å². The van der Waals surface area contributed by atoms with Crippen LogP contribution in [0.2, 0.25) is 0 Å². The predicted octanol–water partition coefficient (Wildman–Crippen LogP) is 1.34. The summed E-state index contributed by atoms with van der Waals surface area (Å²) in [6, 6.07) is 5.33. The minimum absolute atomic E-state index is 0.0583. The molecule has 0 saturated carbocycles. The molecule has 0 radical (unpaired) electrons. The molecule has 0 aliphatic heterocycles. The summed E-state index contributed by atoms with van der Waals surface area (Å²) in [5.41, 5.74) is 0.875. The van der Waals surface area contributed by atoms with Gasteiger partial charge in [0.2, 0.25) is 0 Å². The minimum atomic E-state index is -0.170. The van der Waals surface area contributed by atoms with Crippen LogP contribution in [-0.2, 0) is 0 Å². The van der Waals surface area contributed by atoms with Crippen molar-refractivity contribution in [1.29, 1.82) is 0 Å². The second kappa shape index (κ2) is 4.57. The van der Waals surface area contributed by atoms with Crippen LogP contribution in [0.25, 0.3) is 0 Å². The number of H-pyrrole nitrogens is 1. The molecule has 1 atom stereocenters. The van der Waals surface area contributed by atoms with Crippen LogP contribution in [0.4, 0.5) is 5.82 Å². The van der Waals surface area contributed by atoms with Crippen molar-refractivity contribution < 1.29 is 0 Å². The highest BCUT2D eigenvalue weighted by Crippen LogP contribution is 2.14. The maximum atomic E-state index is 11.1. The molecule has 5 nitrogen and oxygen atoms in total. The van der Waals surface area contributed by atoms with Gasteiger partial charge in [0.15, 0.2) is 0 Å². The Balaban J connectivity index is 2.14. The molecule has 2 aromatic rings. The number of nitrogens with zero attached hydrogens (tertiary/aromatic N) is 2. The van der Waals surface area contributed by atoms with E-state index in [0.29, 0.717) is 5.82 Å². The first-order valence-electron chi connectivity index (χ1n) is 4.97. The summed E-state index contributed by atoms with van der Waals surface area (Å²) in [6.07, 6.45) is 4.88. The van der Waals surface area contributed by atoms with Gasteiger partial charge < -0.3 is 10.3 Å². The Kier molecular flexibility index (Phi) is 2.95. The number of anilines is 1. The van der Waals surface area contributed by atoms with Crippen LogP contribution in [-0.4, -0.2) is 15.0 Å². The molecule has 2 N–H and O–H groups in total. The van der Waals surface area contributed by atoms with Gasteiger partial charge in [-0.15, -0.1) is 0 Å². The Labute approximate surface area is 92.6 Å². The quantitative estimate of drug-likeness (QED) is 0.812. The third-order valence-corrected chi connectivity index (χ3v) is 2.23. The van der Waals surface area contributed by atoms with Crippen LogP contribution < -0.4 is 10.9 Å². The normalized spacial score (nSPS) is 12.1. The lowest BCUT2D eigenvalue weighted by Gasteiger charge is -2.13. The smallest absolute Gasteiger partial charge is 0.252 e. The Morgan fingerprint density at radius 3 is 3.06 bits per heavy atom. The molecular formula is C11H12N4O. The van der Waals surface area contributed by atoms with Crippen LogP contribution >= 0.6 is 0 Å². The third-order valence-electron chi connectivity index (χ3n) is 2.23. The summed E-state index contributed by atoms with van der Waals surface area (Å²) in [5, 5.41) is 3.13. The van der Waals surface area contributed by atoms with Crippen LogP contribution in [0.3, 0.4) is 0 Å². The SMILES string of the molecule is CC(Nc1cc(=O)[nH]cn1)c1cccnc1. The molecule has 0 aliphatic carbocycles. The van der Waals surface area contributed by atoms with Crippen molar-refractivity contribution in [3.8, 4) is 0 Å². The zero-order valence-electron chi connectivity index (χ0n) is 8.84. The monoisotopic (exact) mass is 216 g/mol. The van der Waals surface area contributed by atoms with E-state index in [9.17, 15) is 4.79 Å². The fraction of sp³-hybridized carbons (Fsp3) is 0.182. The predicted molar refractivity (Wildman–Crippen MR) is 61.1 cm³/mol. The van der Waals surface area contributed by atoms with Crippen LogP contribution in [0.1, 0.15) is 18.5 Å². The molecule has 82 valence electrons. The van der Waals surface area contributed by atoms with E-state index in [0.717, 1.165) is 5.56 Å². The van der Waals surface area contributed by atoms with Crippen LogP contribution in [0, 0.1) is 0 Å². The molecule has 0 amide bonds. The van der Waals surface area contributed by atoms with Crippen LogP contribution in [0.15, 0.2) is 41.7 Å². The highest BCUT2D eigenvalue weighted by atomic mass is 16.1. The zero-order chi connectivity index (χ0) is 11.4. The summed E-state index contributed by atoms with van der Waals surface area (Å²) in [4.78, 5) is 21.6. The first-order valence-corrected chi connectivity index (χ1v) is 4.97. The van der Waals surface area contributed by atoms with E-state index >= 15 is 0 Å². The summed E-state index contributed by atoms with van der Waals surface area (Å²) in [7, 11) is 0. The topological polar surface area (TPSA) is 70.7 Å². The lowest BCUT2D eigenvalue weighted by atomic mass is 10.1. The average molecular weight is 216 g/mol. The van der Waals surface area contributed by atoms with Crippen LogP contribution in [0.5, 0.6) is 0 Å². The molecule has 0 aromatic carbocycles. The lowest BCUT2D eigenvalue weighted by Crippen LogP contribution is -2.12. The van der Waals surface area contributed by atoms with Gasteiger partial charge in [-0.2, -0.15) is 0 Å². The maximum absolute atomic E-state index is 11.1. The van der Waals surface area contributed by atoms with Gasteiger partial charge in [0.25, 0.3) is 5.56 Å². The summed E-state index contributed by atoms with van der Waals surface area (Å²) >= 11 is 0. The van der Waals surface area contributed by atoms with Crippen molar-refractivity contribution in [3.05, 3.63) is 52.8 Å². The van der Waals surface area contributed by atoms with Crippen molar-refractivity contribution in [2.75, 3.05) is 5.32 Å². The van der Waals surface area contributed by atoms with Gasteiger partial charge >= 0.3 is 0 Å². The molecule has 5 heteroatoms. The van der Waals surface area contributed by atoms with E-state index in [-0.39, 0.29) is 11.6 Å². The Morgan fingerprint density at radius 1 is 1.50 bits per heavy atom. The number of hydrogen-bond acceptors (Lipinski definition) is 4. The van der Waals surface area contributed by atoms with Gasteiger partial charge in [-0.3, -0.25) is 9.78 Å². The van der Waals surface area contributed by atoms with Crippen molar-refractivity contribution >= 4 is 5.82 Å². The molecule has 2 heterocycles. The fourth-order valence-electron chi connectivity index (χ4n) is 1.38. The summed E-state index contributed by atoms with van der Waals surface area (Å²) < 4.78 is 0. The Bertz CT molecular complexity index is 509. The Morgan fingerprint density at radius 2 is 2.38 bits per heavy atom. The van der Waals surface area contributed by atoms with Gasteiger partial charge in [0.1, 0.15) is 5.82 Å². The second-order valence-corrected chi connectivity index (χ2v) is 3.45. The van der Waals surface area contributed by atoms with E-state index < -0.39 is 0 Å². The van der Waals surface area contributed by atoms with Crippen molar-refractivity contribution in [2.24, 2.45) is 0 Å². The number of pyridine rings is 1. The fourth-order valence-corrected chi connectivity index (χ4v) is 1.38. The number of rotatable bonds is 3. The van der Waals surface area contributed by atoms with Crippen molar-refractivity contribution in [1.82, 2.24) is 15.0 Å². The van der Waals surface area contributed by atoms with Gasteiger partial charge in [-0.05, 0) is 18.6 Å². The molecule has 2 rings (SSSR count). The second-order valence-electron chi connectivity index (χ2n) is 3.45. The number of aromatic nitrogens is 3. The molecule has 1 unspecified atom stereocenters. The molecule has 2 aromatic heterocycles. The summed E-state index contributed by atoms with van der Waals surface area (Å²) in [6.45, 7) is 1.99. The average Bonchev–Trinajstić information content (AvgIpc) is 2.30. The number of aromatic amines is 1. The van der Waals surface area contributed by atoms with E-state index in [1.165, 1.54) is 12.4 Å². The lowest BCUT2D eigenvalue weighted by molar-refractivity contribution is 0.862. The molecule has 0 fully saturated rings. The van der Waals surface area contributed by atoms with Gasteiger partial charge in [-0.25, -0.2) is 4.98 Å². The third kappa shape index (κ3) is 2.44. The van der Waals surface area contributed by atoms with Crippen molar-refractivity contribution in [2.45, 2.75) is 13.0 Å². The van der Waals surface area contributed by atoms with E-state index in [2.05, 4.69) is 20.3 Å². The number of nitrogens with one attached hydrogen (secondary N) is 2. The van der Waals surface area contributed by atoms with E-state index in [4.69, 9.17) is 0 Å². The molecule has 16 heavy (non-hydrogen) atoms. The highest BCUT2D eigenvalue weighted by molar-refractivity contribution is 5.35. The first kappa shape index (κ1) is 10.4. The van der Waals surface area contributed by atoms with Crippen molar-refractivity contribution in [3.63, 3.8) is 0 Å². The zero-order valence-corrected chi connectivity index (χ0v) is 8.84. The minimum Gasteiger partial charge on any atom is -0.363 e. The number of hydrogen-bond donors (Lipinski definition) is 2. The largest absolute Gasteiger partial charge is 0.363 e. The maximum Gasteiger partial charge on any atom is 0.252 e. The molecule has 0 bridgehead atoms. The van der Waals surface area contributed by atoms with Gasteiger partial charge in [0, 0.05) is 18.5 Å². The molecule has 0 spiro atoms. The molecular weight excluding hydrogens is 204 g/mol. The molecule has 0 aliphatic rings. The standard InChI is InChI=1S/C11H12N4O/c1-8(9-3-2-4-12-6-9)15-10-5-11(16)14-7-13-10/h2-8H,1H3,(H2,13,14,15,16). The van der Waals surface area contributed by atoms with E-state index in [1.54, 1.807) is 12.4 Å². The molecule has 0 saturated heterocycles. The summed E-state index contributed by atoms with van der Waals surface area (Å²) in [5.74, 6) is 0.556. The van der Waals surface area contributed by atoms with Gasteiger partial charge in [-0.1, -0.05) is 6.07 Å². The Hall–Kier alpha value is -2.17. The first-order chi connectivity index (χ1) is 7.75. The highest BCUT2D eigenvalue weighted by Gasteiger charge is 2.05.